The van der Waals surface area contributed by atoms with Crippen LogP contribution in [0.15, 0.2) is 73.2 Å². The van der Waals surface area contributed by atoms with Gasteiger partial charge in [-0.2, -0.15) is 0 Å². The minimum Gasteiger partial charge on any atom is -0.473 e. The van der Waals surface area contributed by atoms with Crippen LogP contribution in [0.4, 0.5) is 11.5 Å². The Morgan fingerprint density at radius 3 is 2.58 bits per heavy atom. The molecule has 8 heteroatoms. The van der Waals surface area contributed by atoms with E-state index in [-0.39, 0.29) is 18.5 Å². The molecule has 5 rings (SSSR count). The third-order valence-corrected chi connectivity index (χ3v) is 5.94. The Morgan fingerprint density at radius 2 is 1.82 bits per heavy atom. The van der Waals surface area contributed by atoms with E-state index in [9.17, 15) is 0 Å². The summed E-state index contributed by atoms with van der Waals surface area (Å²) in [5, 5.41) is 5.38. The molecule has 3 heterocycles. The molecule has 6 nitrogen and oxygen atoms in total. The lowest BCUT2D eigenvalue weighted by atomic mass is 10.1. The molecule has 0 bridgehead atoms. The molecule has 1 aliphatic rings. The highest BCUT2D eigenvalue weighted by Gasteiger charge is 2.23. The maximum absolute atomic E-state index is 6.01. The molecule has 0 atom stereocenters. The molecule has 2 aromatic heterocycles. The number of benzene rings is 2. The molecule has 0 unspecified atom stereocenters. The number of rotatable bonds is 6. The van der Waals surface area contributed by atoms with Gasteiger partial charge in [0, 0.05) is 67.0 Å². The highest BCUT2D eigenvalue weighted by Crippen LogP contribution is 2.31. The summed E-state index contributed by atoms with van der Waals surface area (Å²) in [7, 11) is 0. The molecule has 1 N–H and O–H groups in total. The van der Waals surface area contributed by atoms with E-state index in [1.54, 1.807) is 18.6 Å². The molecular weight excluding hydrogens is 457 g/mol. The van der Waals surface area contributed by atoms with Gasteiger partial charge in [0.15, 0.2) is 0 Å². The molecule has 4 aromatic rings. The molecule has 170 valence electrons. The van der Waals surface area contributed by atoms with Crippen molar-refractivity contribution in [2.24, 2.45) is 0 Å². The van der Waals surface area contributed by atoms with Gasteiger partial charge in [0.05, 0.1) is 11.7 Å². The first kappa shape index (κ1) is 23.1. The van der Waals surface area contributed by atoms with Crippen LogP contribution in [0.3, 0.4) is 0 Å². The first-order chi connectivity index (χ1) is 15.7. The quantitative estimate of drug-likeness (QED) is 0.377. The summed E-state index contributed by atoms with van der Waals surface area (Å²) in [4.78, 5) is 15.6. The van der Waals surface area contributed by atoms with E-state index in [1.165, 1.54) is 5.69 Å². The second-order valence-corrected chi connectivity index (χ2v) is 8.31. The van der Waals surface area contributed by atoms with Crippen molar-refractivity contribution < 1.29 is 4.74 Å². The molecule has 0 aliphatic carbocycles. The molecule has 1 saturated heterocycles. The third-order valence-electron chi connectivity index (χ3n) is 5.69. The number of anilines is 2. The zero-order chi connectivity index (χ0) is 21.8. The average Bonchev–Trinajstić information content (AvgIpc) is 2.84. The lowest BCUT2D eigenvalue weighted by Gasteiger charge is -2.34. The molecule has 0 spiro atoms. The molecule has 33 heavy (non-hydrogen) atoms. The maximum Gasteiger partial charge on any atom is 0.232 e. The Balaban J connectivity index is 0.00000259. The van der Waals surface area contributed by atoms with Crippen LogP contribution in [0.5, 0.6) is 5.88 Å². The minimum absolute atomic E-state index is 0. The van der Waals surface area contributed by atoms with Crippen LogP contribution in [-0.2, 0) is 6.54 Å². The van der Waals surface area contributed by atoms with Crippen LogP contribution in [0.25, 0.3) is 10.9 Å². The van der Waals surface area contributed by atoms with Crippen LogP contribution in [0, 0.1) is 0 Å². The van der Waals surface area contributed by atoms with Crippen molar-refractivity contribution in [1.29, 1.82) is 0 Å². The molecule has 0 amide bonds. The van der Waals surface area contributed by atoms with Crippen molar-refractivity contribution in [3.63, 3.8) is 0 Å². The number of aromatic nitrogens is 3. The first-order valence-electron chi connectivity index (χ1n) is 10.8. The van der Waals surface area contributed by atoms with Crippen molar-refractivity contribution in [3.8, 4) is 5.88 Å². The van der Waals surface area contributed by atoms with Crippen molar-refractivity contribution in [3.05, 3.63) is 83.8 Å². The average molecular weight is 482 g/mol. The van der Waals surface area contributed by atoms with E-state index < -0.39 is 0 Å². The molecule has 2 aromatic carbocycles. The first-order valence-corrected chi connectivity index (χ1v) is 11.2. The number of nitrogens with one attached hydrogen (secondary N) is 1. The van der Waals surface area contributed by atoms with Gasteiger partial charge in [0.1, 0.15) is 11.9 Å². The number of hydrogen-bond donors (Lipinski definition) is 1. The standard InChI is InChI=1S/C25H24ClN5O.ClH/c26-19-7-5-18(6-8-19)16-29-24-15-23(21-3-1-2-4-22(21)30-24)31-13-9-20(10-14-31)32-25-17-27-11-12-28-25;/h1-8,11-12,15,17,20H,9-10,13-14,16H2,(H,29,30);1H. The highest BCUT2D eigenvalue weighted by molar-refractivity contribution is 6.30. The number of pyridine rings is 1. The number of halogens is 2. The zero-order valence-electron chi connectivity index (χ0n) is 18.0. The predicted molar refractivity (Wildman–Crippen MR) is 136 cm³/mol. The van der Waals surface area contributed by atoms with Crippen molar-refractivity contribution in [2.75, 3.05) is 23.3 Å². The van der Waals surface area contributed by atoms with Gasteiger partial charge < -0.3 is 15.0 Å². The number of fused-ring (bicyclic) bond motifs is 1. The summed E-state index contributed by atoms with van der Waals surface area (Å²) in [6.07, 6.45) is 7.00. The number of piperidine rings is 1. The number of para-hydroxylation sites is 1. The number of ether oxygens (including phenoxy) is 1. The van der Waals surface area contributed by atoms with Gasteiger partial charge in [0.2, 0.25) is 5.88 Å². The van der Waals surface area contributed by atoms with Gasteiger partial charge in [-0.25, -0.2) is 9.97 Å². The number of hydrogen-bond acceptors (Lipinski definition) is 6. The second-order valence-electron chi connectivity index (χ2n) is 7.87. The maximum atomic E-state index is 6.01. The number of nitrogens with zero attached hydrogens (tertiary/aromatic N) is 4. The fourth-order valence-corrected chi connectivity index (χ4v) is 4.16. The van der Waals surface area contributed by atoms with E-state index >= 15 is 0 Å². The fourth-order valence-electron chi connectivity index (χ4n) is 4.04. The molecular formula is C25H25Cl2N5O. The van der Waals surface area contributed by atoms with Crippen LogP contribution in [0.1, 0.15) is 18.4 Å². The van der Waals surface area contributed by atoms with Gasteiger partial charge in [-0.1, -0.05) is 41.9 Å². The SMILES string of the molecule is Cl.Clc1ccc(CNc2cc(N3CCC(Oc4cnccn4)CC3)c3ccccc3n2)cc1. The third kappa shape index (κ3) is 5.64. The lowest BCUT2D eigenvalue weighted by Crippen LogP contribution is -2.38. The van der Waals surface area contributed by atoms with Crippen LogP contribution < -0.4 is 15.0 Å². The van der Waals surface area contributed by atoms with E-state index in [2.05, 4.69) is 44.5 Å². The Morgan fingerprint density at radius 1 is 1.03 bits per heavy atom. The van der Waals surface area contributed by atoms with Crippen molar-refractivity contribution in [1.82, 2.24) is 15.0 Å². The van der Waals surface area contributed by atoms with E-state index in [0.29, 0.717) is 12.4 Å². The smallest absolute Gasteiger partial charge is 0.232 e. The van der Waals surface area contributed by atoms with Gasteiger partial charge in [-0.05, 0) is 23.8 Å². The minimum atomic E-state index is 0. The summed E-state index contributed by atoms with van der Waals surface area (Å²) in [6, 6.07) is 18.3. The van der Waals surface area contributed by atoms with Gasteiger partial charge in [-0.3, -0.25) is 4.98 Å². The van der Waals surface area contributed by atoms with Gasteiger partial charge in [-0.15, -0.1) is 12.4 Å². The van der Waals surface area contributed by atoms with Gasteiger partial charge >= 0.3 is 0 Å². The molecule has 1 aliphatic heterocycles. The molecule has 0 radical (unpaired) electrons. The van der Waals surface area contributed by atoms with Gasteiger partial charge in [0.25, 0.3) is 0 Å². The van der Waals surface area contributed by atoms with E-state index in [0.717, 1.165) is 53.2 Å². The summed E-state index contributed by atoms with van der Waals surface area (Å²) in [5.41, 5.74) is 3.35. The van der Waals surface area contributed by atoms with Crippen molar-refractivity contribution >= 4 is 46.4 Å². The summed E-state index contributed by atoms with van der Waals surface area (Å²) in [5.74, 6) is 1.46. The predicted octanol–water partition coefficient (Wildman–Crippen LogP) is 5.76. The fraction of sp³-hybridized carbons (Fsp3) is 0.240. The highest BCUT2D eigenvalue weighted by atomic mass is 35.5. The monoisotopic (exact) mass is 481 g/mol. The Bertz CT molecular complexity index is 1180. The molecule has 1 fully saturated rings. The Hall–Kier alpha value is -3.09. The zero-order valence-corrected chi connectivity index (χ0v) is 19.6. The lowest BCUT2D eigenvalue weighted by molar-refractivity contribution is 0.163. The molecule has 0 saturated carbocycles. The van der Waals surface area contributed by atoms with Crippen LogP contribution in [-0.4, -0.2) is 34.1 Å². The van der Waals surface area contributed by atoms with E-state index in [1.807, 2.05) is 30.3 Å². The second kappa shape index (κ2) is 10.7. The summed E-state index contributed by atoms with van der Waals surface area (Å²) >= 11 is 6.00. The van der Waals surface area contributed by atoms with Crippen LogP contribution in [0.2, 0.25) is 5.02 Å². The topological polar surface area (TPSA) is 63.2 Å². The van der Waals surface area contributed by atoms with Crippen molar-refractivity contribution in [2.45, 2.75) is 25.5 Å². The van der Waals surface area contributed by atoms with E-state index in [4.69, 9.17) is 21.3 Å². The van der Waals surface area contributed by atoms with Crippen LogP contribution >= 0.6 is 24.0 Å². The Kier molecular flexibility index (Phi) is 7.47. The summed E-state index contributed by atoms with van der Waals surface area (Å²) in [6.45, 7) is 2.51. The normalized spacial score (nSPS) is 14.0. The Labute approximate surface area is 204 Å². The summed E-state index contributed by atoms with van der Waals surface area (Å²) < 4.78 is 6.01. The largest absolute Gasteiger partial charge is 0.473 e.